The summed E-state index contributed by atoms with van der Waals surface area (Å²) in [5.74, 6) is 1.28. The van der Waals surface area contributed by atoms with E-state index in [-0.39, 0.29) is 12.1 Å². The van der Waals surface area contributed by atoms with E-state index >= 15 is 0 Å². The van der Waals surface area contributed by atoms with E-state index in [0.717, 1.165) is 31.6 Å². The molecule has 148 valence electrons. The maximum Gasteiger partial charge on any atom is 0.409 e. The highest BCUT2D eigenvalue weighted by atomic mass is 16.6. The summed E-state index contributed by atoms with van der Waals surface area (Å²) in [7, 11) is 0. The Morgan fingerprint density at radius 3 is 2.93 bits per heavy atom. The second-order valence-electron chi connectivity index (χ2n) is 7.05. The first kappa shape index (κ1) is 19.4. The van der Waals surface area contributed by atoms with Gasteiger partial charge in [-0.3, -0.25) is 0 Å². The summed E-state index contributed by atoms with van der Waals surface area (Å²) in [5, 5.41) is 14.8. The second kappa shape index (κ2) is 10.1. The van der Waals surface area contributed by atoms with E-state index in [1.165, 1.54) is 25.7 Å². The molecular weight excluding hydrogens is 344 g/mol. The molecule has 8 heteroatoms. The van der Waals surface area contributed by atoms with Crippen LogP contribution in [0.3, 0.4) is 0 Å². The minimum Gasteiger partial charge on any atom is -0.450 e. The van der Waals surface area contributed by atoms with Gasteiger partial charge in [0.25, 0.3) is 0 Å². The van der Waals surface area contributed by atoms with Crippen molar-refractivity contribution in [2.45, 2.75) is 57.9 Å². The second-order valence-corrected chi connectivity index (χ2v) is 7.05. The van der Waals surface area contributed by atoms with Crippen molar-refractivity contribution in [3.8, 4) is 0 Å². The van der Waals surface area contributed by atoms with Crippen LogP contribution in [0.25, 0.3) is 0 Å². The van der Waals surface area contributed by atoms with Gasteiger partial charge >= 0.3 is 6.09 Å². The molecule has 1 aromatic heterocycles. The highest BCUT2D eigenvalue weighted by Gasteiger charge is 2.24. The van der Waals surface area contributed by atoms with Crippen LogP contribution in [-0.4, -0.2) is 58.5 Å². The van der Waals surface area contributed by atoms with Crippen molar-refractivity contribution in [2.75, 3.05) is 36.9 Å². The van der Waals surface area contributed by atoms with Crippen molar-refractivity contribution < 1.29 is 9.53 Å². The van der Waals surface area contributed by atoms with Crippen LogP contribution in [0.5, 0.6) is 0 Å². The third-order valence-electron chi connectivity index (χ3n) is 5.05. The summed E-state index contributed by atoms with van der Waals surface area (Å²) >= 11 is 0. The highest BCUT2D eigenvalue weighted by Crippen LogP contribution is 2.20. The number of hydrogen-bond donors (Lipinski definition) is 2. The van der Waals surface area contributed by atoms with Gasteiger partial charge in [0.1, 0.15) is 0 Å². The molecule has 0 spiro atoms. The van der Waals surface area contributed by atoms with Crippen LogP contribution in [-0.2, 0) is 4.74 Å². The SMILES string of the molecule is CCOC(=O)N1CCC(Nc2nncc(NCCC3=CCCCC3)n2)CC1. The van der Waals surface area contributed by atoms with Gasteiger partial charge in [0.2, 0.25) is 5.95 Å². The molecule has 1 aliphatic carbocycles. The van der Waals surface area contributed by atoms with E-state index in [1.54, 1.807) is 16.7 Å². The van der Waals surface area contributed by atoms with Gasteiger partial charge < -0.3 is 20.3 Å². The Labute approximate surface area is 160 Å². The number of anilines is 2. The molecule has 27 heavy (non-hydrogen) atoms. The molecule has 1 fully saturated rings. The molecule has 0 saturated carbocycles. The van der Waals surface area contributed by atoms with Gasteiger partial charge in [0.15, 0.2) is 5.82 Å². The predicted octanol–water partition coefficient (Wildman–Crippen LogP) is 3.21. The summed E-state index contributed by atoms with van der Waals surface area (Å²) in [6.07, 6.45) is 11.6. The Bertz CT molecular complexity index is 643. The van der Waals surface area contributed by atoms with E-state index in [0.29, 0.717) is 25.6 Å². The van der Waals surface area contributed by atoms with Gasteiger partial charge in [-0.2, -0.15) is 10.1 Å². The van der Waals surface area contributed by atoms with E-state index in [9.17, 15) is 4.79 Å². The number of likely N-dealkylation sites (tertiary alicyclic amines) is 1. The van der Waals surface area contributed by atoms with Gasteiger partial charge in [0.05, 0.1) is 12.8 Å². The number of aromatic nitrogens is 3. The number of allylic oxidation sites excluding steroid dienone is 1. The fourth-order valence-corrected chi connectivity index (χ4v) is 3.54. The van der Waals surface area contributed by atoms with Crippen LogP contribution in [0.4, 0.5) is 16.6 Å². The molecule has 0 unspecified atom stereocenters. The lowest BCUT2D eigenvalue weighted by Crippen LogP contribution is -2.42. The van der Waals surface area contributed by atoms with Gasteiger partial charge in [-0.25, -0.2) is 4.79 Å². The van der Waals surface area contributed by atoms with Gasteiger partial charge in [-0.15, -0.1) is 5.10 Å². The topological polar surface area (TPSA) is 92.3 Å². The zero-order valence-corrected chi connectivity index (χ0v) is 16.1. The third-order valence-corrected chi connectivity index (χ3v) is 5.05. The smallest absolute Gasteiger partial charge is 0.409 e. The first-order valence-corrected chi connectivity index (χ1v) is 10.0. The lowest BCUT2D eigenvalue weighted by Gasteiger charge is -2.31. The average molecular weight is 374 g/mol. The van der Waals surface area contributed by atoms with Gasteiger partial charge in [0, 0.05) is 25.7 Å². The molecule has 2 aliphatic rings. The number of nitrogens with zero attached hydrogens (tertiary/aromatic N) is 4. The summed E-state index contributed by atoms with van der Waals surface area (Å²) in [6, 6.07) is 0.236. The molecule has 1 aromatic rings. The lowest BCUT2D eigenvalue weighted by atomic mass is 9.97. The molecule has 2 N–H and O–H groups in total. The van der Waals surface area contributed by atoms with Crippen molar-refractivity contribution in [1.29, 1.82) is 0 Å². The van der Waals surface area contributed by atoms with Crippen molar-refractivity contribution in [1.82, 2.24) is 20.1 Å². The van der Waals surface area contributed by atoms with Crippen LogP contribution in [0.1, 0.15) is 51.9 Å². The number of nitrogens with one attached hydrogen (secondary N) is 2. The van der Waals surface area contributed by atoms with Crippen LogP contribution in [0.15, 0.2) is 17.8 Å². The standard InChI is InChI=1S/C19H30N6O2/c1-2-27-19(26)25-12-9-16(10-13-25)22-18-23-17(14-21-24-18)20-11-8-15-6-4-3-5-7-15/h6,14,16H,2-5,7-13H2,1H3,(H2,20,22,23,24). The van der Waals surface area contributed by atoms with E-state index in [2.05, 4.69) is 31.9 Å². The number of amides is 1. The number of rotatable bonds is 7. The van der Waals surface area contributed by atoms with E-state index in [1.807, 2.05) is 6.92 Å². The van der Waals surface area contributed by atoms with Crippen molar-refractivity contribution in [3.05, 3.63) is 17.8 Å². The molecule has 0 atom stereocenters. The number of ether oxygens (including phenoxy) is 1. The molecule has 8 nitrogen and oxygen atoms in total. The van der Waals surface area contributed by atoms with E-state index < -0.39 is 0 Å². The fraction of sp³-hybridized carbons (Fsp3) is 0.684. The lowest BCUT2D eigenvalue weighted by molar-refractivity contribution is 0.0983. The number of carbonyl (C=O) groups is 1. The molecular formula is C19H30N6O2. The molecule has 0 radical (unpaired) electrons. The minimum atomic E-state index is -0.229. The highest BCUT2D eigenvalue weighted by molar-refractivity contribution is 5.67. The van der Waals surface area contributed by atoms with Crippen molar-refractivity contribution in [2.24, 2.45) is 0 Å². The molecule has 3 rings (SSSR count). The van der Waals surface area contributed by atoms with Crippen molar-refractivity contribution in [3.63, 3.8) is 0 Å². The molecule has 2 heterocycles. The molecule has 0 aromatic carbocycles. The third kappa shape index (κ3) is 6.08. The van der Waals surface area contributed by atoms with Crippen molar-refractivity contribution >= 4 is 17.9 Å². The average Bonchev–Trinajstić information content (AvgIpc) is 2.70. The van der Waals surface area contributed by atoms with Crippen LogP contribution >= 0.6 is 0 Å². The summed E-state index contributed by atoms with van der Waals surface area (Å²) < 4.78 is 5.05. The normalized spacial score (nSPS) is 18.0. The van der Waals surface area contributed by atoms with Crippen LogP contribution in [0, 0.1) is 0 Å². The first-order valence-electron chi connectivity index (χ1n) is 10.0. The Morgan fingerprint density at radius 1 is 1.33 bits per heavy atom. The van der Waals surface area contributed by atoms with E-state index in [4.69, 9.17) is 4.74 Å². The number of hydrogen-bond acceptors (Lipinski definition) is 7. The largest absolute Gasteiger partial charge is 0.450 e. The van der Waals surface area contributed by atoms with Crippen LogP contribution < -0.4 is 10.6 Å². The van der Waals surface area contributed by atoms with Gasteiger partial charge in [-0.1, -0.05) is 11.6 Å². The first-order chi connectivity index (χ1) is 13.2. The number of carbonyl (C=O) groups excluding carboxylic acids is 1. The quantitative estimate of drug-likeness (QED) is 0.708. The molecule has 0 bridgehead atoms. The summed E-state index contributed by atoms with van der Waals surface area (Å²) in [5.41, 5.74) is 1.54. The fourth-order valence-electron chi connectivity index (χ4n) is 3.54. The number of piperidine rings is 1. The maximum absolute atomic E-state index is 11.8. The Kier molecular flexibility index (Phi) is 7.24. The maximum atomic E-state index is 11.8. The van der Waals surface area contributed by atoms with Crippen LogP contribution in [0.2, 0.25) is 0 Å². The Hall–Kier alpha value is -2.38. The monoisotopic (exact) mass is 374 g/mol. The molecule has 1 saturated heterocycles. The molecule has 1 amide bonds. The summed E-state index contributed by atoms with van der Waals surface area (Å²) in [6.45, 7) is 4.45. The zero-order chi connectivity index (χ0) is 18.9. The zero-order valence-electron chi connectivity index (χ0n) is 16.1. The predicted molar refractivity (Wildman–Crippen MR) is 105 cm³/mol. The van der Waals surface area contributed by atoms with Gasteiger partial charge in [-0.05, 0) is 51.9 Å². The minimum absolute atomic E-state index is 0.229. The Morgan fingerprint density at radius 2 is 2.19 bits per heavy atom. The Balaban J connectivity index is 1.42. The summed E-state index contributed by atoms with van der Waals surface area (Å²) in [4.78, 5) is 18.0. The molecule has 1 aliphatic heterocycles.